The van der Waals surface area contributed by atoms with Crippen molar-refractivity contribution >= 4 is 27.3 Å². The first-order valence-electron chi connectivity index (χ1n) is 8.61. The van der Waals surface area contributed by atoms with Gasteiger partial charge in [0.15, 0.2) is 5.76 Å². The van der Waals surface area contributed by atoms with Gasteiger partial charge in [0.1, 0.15) is 0 Å². The zero-order chi connectivity index (χ0) is 18.9. The van der Waals surface area contributed by atoms with E-state index >= 15 is 0 Å². The van der Waals surface area contributed by atoms with E-state index in [9.17, 15) is 13.2 Å². The minimum Gasteiger partial charge on any atom is -0.459 e. The third-order valence-electron chi connectivity index (χ3n) is 4.52. The standard InChI is InChI=1S/C20H18N2O4S/c23-20(19-5-2-12-26-19)21-16-7-9-17(10-8-16)22-27(24,25)18-11-6-14-3-1-4-15(14)13-18/h2,5-13,22H,1,3-4H2,(H,21,23). The molecule has 0 radical (unpaired) electrons. The van der Waals surface area contributed by atoms with Crippen LogP contribution in [-0.4, -0.2) is 14.3 Å². The van der Waals surface area contributed by atoms with Crippen LogP contribution in [0.5, 0.6) is 0 Å². The highest BCUT2D eigenvalue weighted by Crippen LogP contribution is 2.26. The lowest BCUT2D eigenvalue weighted by Gasteiger charge is -2.10. The Labute approximate surface area is 157 Å². The zero-order valence-electron chi connectivity index (χ0n) is 14.4. The number of hydrogen-bond acceptors (Lipinski definition) is 4. The third kappa shape index (κ3) is 3.73. The van der Waals surface area contributed by atoms with Crippen molar-refractivity contribution in [2.45, 2.75) is 24.2 Å². The molecule has 0 aliphatic heterocycles. The number of benzene rings is 2. The van der Waals surface area contributed by atoms with E-state index in [2.05, 4.69) is 10.0 Å². The van der Waals surface area contributed by atoms with Gasteiger partial charge in [0.25, 0.3) is 15.9 Å². The Bertz CT molecular complexity index is 1070. The molecule has 0 spiro atoms. The van der Waals surface area contributed by atoms with E-state index in [4.69, 9.17) is 4.42 Å². The number of rotatable bonds is 5. The monoisotopic (exact) mass is 382 g/mol. The Kier molecular flexibility index (Phi) is 4.45. The van der Waals surface area contributed by atoms with Gasteiger partial charge in [-0.25, -0.2) is 8.42 Å². The summed E-state index contributed by atoms with van der Waals surface area (Å²) in [4.78, 5) is 12.2. The molecule has 27 heavy (non-hydrogen) atoms. The summed E-state index contributed by atoms with van der Waals surface area (Å²) in [5.41, 5.74) is 3.29. The molecule has 1 aliphatic carbocycles. The maximum absolute atomic E-state index is 12.6. The van der Waals surface area contributed by atoms with Gasteiger partial charge in [-0.2, -0.15) is 0 Å². The molecule has 138 valence electrons. The maximum atomic E-state index is 12.6. The number of nitrogens with one attached hydrogen (secondary N) is 2. The van der Waals surface area contributed by atoms with E-state index in [1.54, 1.807) is 48.5 Å². The highest BCUT2D eigenvalue weighted by Gasteiger charge is 2.18. The van der Waals surface area contributed by atoms with E-state index in [0.717, 1.165) is 24.8 Å². The van der Waals surface area contributed by atoms with Crippen LogP contribution in [0.25, 0.3) is 0 Å². The number of carbonyl (C=O) groups is 1. The van der Waals surface area contributed by atoms with Gasteiger partial charge in [0, 0.05) is 11.4 Å². The van der Waals surface area contributed by atoms with E-state index in [1.165, 1.54) is 11.8 Å². The minimum atomic E-state index is -3.66. The van der Waals surface area contributed by atoms with Gasteiger partial charge in [-0.1, -0.05) is 6.07 Å². The van der Waals surface area contributed by atoms with Crippen molar-refractivity contribution < 1.29 is 17.6 Å². The molecule has 7 heteroatoms. The predicted octanol–water partition coefficient (Wildman–Crippen LogP) is 3.82. The van der Waals surface area contributed by atoms with Crippen LogP contribution in [0.1, 0.15) is 28.1 Å². The number of anilines is 2. The smallest absolute Gasteiger partial charge is 0.291 e. The number of fused-ring (bicyclic) bond motifs is 1. The van der Waals surface area contributed by atoms with E-state index < -0.39 is 10.0 Å². The van der Waals surface area contributed by atoms with Crippen LogP contribution in [0, 0.1) is 0 Å². The van der Waals surface area contributed by atoms with Crippen molar-refractivity contribution in [1.29, 1.82) is 0 Å². The number of sulfonamides is 1. The Balaban J connectivity index is 1.47. The Morgan fingerprint density at radius 1 is 0.926 bits per heavy atom. The molecule has 1 aliphatic rings. The van der Waals surface area contributed by atoms with Gasteiger partial charge >= 0.3 is 0 Å². The van der Waals surface area contributed by atoms with Gasteiger partial charge in [0.05, 0.1) is 11.2 Å². The molecule has 1 heterocycles. The highest BCUT2D eigenvalue weighted by atomic mass is 32.2. The van der Waals surface area contributed by atoms with Crippen LogP contribution in [0.4, 0.5) is 11.4 Å². The minimum absolute atomic E-state index is 0.205. The molecule has 0 bridgehead atoms. The molecule has 0 atom stereocenters. The van der Waals surface area contributed by atoms with Crippen LogP contribution in [0.3, 0.4) is 0 Å². The molecule has 0 saturated carbocycles. The van der Waals surface area contributed by atoms with Crippen LogP contribution >= 0.6 is 0 Å². The van der Waals surface area contributed by atoms with Crippen molar-refractivity contribution in [2.24, 2.45) is 0 Å². The van der Waals surface area contributed by atoms with Crippen LogP contribution in [-0.2, 0) is 22.9 Å². The summed E-state index contributed by atoms with van der Waals surface area (Å²) >= 11 is 0. The molecule has 0 saturated heterocycles. The molecule has 4 rings (SSSR count). The van der Waals surface area contributed by atoms with Crippen molar-refractivity contribution in [1.82, 2.24) is 0 Å². The summed E-state index contributed by atoms with van der Waals surface area (Å²) in [5.74, 6) is -0.164. The molecule has 6 nitrogen and oxygen atoms in total. The van der Waals surface area contributed by atoms with Crippen molar-refractivity contribution in [3.63, 3.8) is 0 Å². The first-order valence-corrected chi connectivity index (χ1v) is 10.1. The number of amides is 1. The number of hydrogen-bond donors (Lipinski definition) is 2. The third-order valence-corrected chi connectivity index (χ3v) is 5.90. The largest absolute Gasteiger partial charge is 0.459 e. The molecule has 0 unspecified atom stereocenters. The van der Waals surface area contributed by atoms with Gasteiger partial charge in [0.2, 0.25) is 0 Å². The summed E-state index contributed by atoms with van der Waals surface area (Å²) < 4.78 is 32.9. The first kappa shape index (κ1) is 17.4. The number of furan rings is 1. The highest BCUT2D eigenvalue weighted by molar-refractivity contribution is 7.92. The van der Waals surface area contributed by atoms with Gasteiger partial charge in [-0.05, 0) is 78.9 Å². The van der Waals surface area contributed by atoms with Crippen LogP contribution < -0.4 is 10.0 Å². The van der Waals surface area contributed by atoms with Crippen LogP contribution in [0.2, 0.25) is 0 Å². The molecule has 1 amide bonds. The molecule has 3 aromatic rings. The molecular formula is C20H18N2O4S. The SMILES string of the molecule is O=C(Nc1ccc(NS(=O)(=O)c2ccc3c(c2)CCC3)cc1)c1ccco1. The Morgan fingerprint density at radius 3 is 2.41 bits per heavy atom. The normalized spacial score (nSPS) is 13.2. The molecule has 2 N–H and O–H groups in total. The summed E-state index contributed by atoms with van der Waals surface area (Å²) in [6.45, 7) is 0. The summed E-state index contributed by atoms with van der Waals surface area (Å²) in [6.07, 6.45) is 4.42. The summed E-state index contributed by atoms with van der Waals surface area (Å²) in [7, 11) is -3.66. The van der Waals surface area contributed by atoms with Gasteiger partial charge < -0.3 is 9.73 Å². The molecule has 1 aromatic heterocycles. The average Bonchev–Trinajstić information content (AvgIpc) is 3.34. The second-order valence-corrected chi connectivity index (χ2v) is 8.08. The topological polar surface area (TPSA) is 88.4 Å². The number of carbonyl (C=O) groups excluding carboxylic acids is 1. The van der Waals surface area contributed by atoms with Crippen LogP contribution in [0.15, 0.2) is 70.2 Å². The lowest BCUT2D eigenvalue weighted by atomic mass is 10.1. The van der Waals surface area contributed by atoms with E-state index in [0.29, 0.717) is 11.4 Å². The quantitative estimate of drug-likeness (QED) is 0.702. The van der Waals surface area contributed by atoms with Gasteiger partial charge in [-0.15, -0.1) is 0 Å². The Morgan fingerprint density at radius 2 is 1.67 bits per heavy atom. The fourth-order valence-electron chi connectivity index (χ4n) is 3.15. The van der Waals surface area contributed by atoms with Crippen molar-refractivity contribution in [2.75, 3.05) is 10.0 Å². The van der Waals surface area contributed by atoms with Crippen molar-refractivity contribution in [3.05, 3.63) is 77.7 Å². The molecular weight excluding hydrogens is 364 g/mol. The fraction of sp³-hybridized carbons (Fsp3) is 0.150. The second kappa shape index (κ2) is 6.92. The molecule has 2 aromatic carbocycles. The second-order valence-electron chi connectivity index (χ2n) is 6.40. The number of aryl methyl sites for hydroxylation is 2. The lowest BCUT2D eigenvalue weighted by Crippen LogP contribution is -2.14. The van der Waals surface area contributed by atoms with E-state index in [-0.39, 0.29) is 16.6 Å². The predicted molar refractivity (Wildman–Crippen MR) is 102 cm³/mol. The maximum Gasteiger partial charge on any atom is 0.291 e. The summed E-state index contributed by atoms with van der Waals surface area (Å²) in [5, 5.41) is 2.68. The van der Waals surface area contributed by atoms with Gasteiger partial charge in [-0.3, -0.25) is 9.52 Å². The average molecular weight is 382 g/mol. The lowest BCUT2D eigenvalue weighted by molar-refractivity contribution is 0.0996. The summed E-state index contributed by atoms with van der Waals surface area (Å²) in [6, 6.07) is 14.9. The van der Waals surface area contributed by atoms with E-state index in [1.807, 2.05) is 6.07 Å². The fourth-order valence-corrected chi connectivity index (χ4v) is 4.26. The first-order chi connectivity index (χ1) is 13.0. The Hall–Kier alpha value is -3.06. The zero-order valence-corrected chi connectivity index (χ0v) is 15.3. The molecule has 0 fully saturated rings. The van der Waals surface area contributed by atoms with Crippen molar-refractivity contribution in [3.8, 4) is 0 Å².